The highest BCUT2D eigenvalue weighted by molar-refractivity contribution is 6.05. The molecule has 0 aliphatic carbocycles. The molecule has 0 saturated heterocycles. The molecule has 0 aliphatic rings. The molecule has 2 heterocycles. The van der Waals surface area contributed by atoms with Crippen molar-refractivity contribution in [2.45, 2.75) is 0 Å². The first-order valence-electron chi connectivity index (χ1n) is 17.8. The monoisotopic (exact) mass is 677 g/mol. The summed E-state index contributed by atoms with van der Waals surface area (Å²) in [5, 5.41) is 4.62. The lowest BCUT2D eigenvalue weighted by molar-refractivity contribution is 0.669. The molecule has 10 aromatic rings. The van der Waals surface area contributed by atoms with Crippen molar-refractivity contribution in [3.05, 3.63) is 188 Å². The number of benzene rings is 8. The summed E-state index contributed by atoms with van der Waals surface area (Å²) in [6.45, 7) is 0. The second-order valence-electron chi connectivity index (χ2n) is 13.3. The van der Waals surface area contributed by atoms with E-state index in [1.807, 2.05) is 54.6 Å². The topological polar surface area (TPSA) is 51.8 Å². The Morgan fingerprint density at radius 2 is 0.736 bits per heavy atom. The van der Waals surface area contributed by atoms with Crippen LogP contribution in [0.2, 0.25) is 0 Å². The maximum atomic E-state index is 6.22. The van der Waals surface area contributed by atoms with Crippen LogP contribution in [0.3, 0.4) is 0 Å². The lowest BCUT2D eigenvalue weighted by atomic mass is 9.92. The van der Waals surface area contributed by atoms with Gasteiger partial charge >= 0.3 is 0 Å². The van der Waals surface area contributed by atoms with E-state index in [-0.39, 0.29) is 0 Å². The number of para-hydroxylation sites is 1. The molecule has 53 heavy (non-hydrogen) atoms. The van der Waals surface area contributed by atoms with Crippen molar-refractivity contribution in [2.24, 2.45) is 0 Å². The van der Waals surface area contributed by atoms with Crippen LogP contribution < -0.4 is 0 Å². The van der Waals surface area contributed by atoms with E-state index in [0.717, 1.165) is 49.8 Å². The fourth-order valence-corrected chi connectivity index (χ4v) is 7.15. The summed E-state index contributed by atoms with van der Waals surface area (Å²) in [5.41, 5.74) is 11.3. The van der Waals surface area contributed by atoms with Gasteiger partial charge in [0.2, 0.25) is 0 Å². The molecule has 0 unspecified atom stereocenters. The van der Waals surface area contributed by atoms with E-state index in [9.17, 15) is 0 Å². The Morgan fingerprint density at radius 3 is 1.45 bits per heavy atom. The molecule has 4 heteroatoms. The van der Waals surface area contributed by atoms with E-state index in [0.29, 0.717) is 17.5 Å². The van der Waals surface area contributed by atoms with Gasteiger partial charge in [-0.15, -0.1) is 0 Å². The lowest BCUT2D eigenvalue weighted by Gasteiger charge is -2.13. The molecule has 0 N–H and O–H groups in total. The third-order valence-corrected chi connectivity index (χ3v) is 9.90. The molecule has 8 aromatic carbocycles. The van der Waals surface area contributed by atoms with Crippen molar-refractivity contribution >= 4 is 32.7 Å². The van der Waals surface area contributed by atoms with Gasteiger partial charge in [-0.2, -0.15) is 0 Å². The van der Waals surface area contributed by atoms with Gasteiger partial charge in [-0.3, -0.25) is 0 Å². The zero-order valence-electron chi connectivity index (χ0n) is 28.6. The average molecular weight is 678 g/mol. The summed E-state index contributed by atoms with van der Waals surface area (Å²) in [6.07, 6.45) is 0. The molecule has 0 fully saturated rings. The summed E-state index contributed by atoms with van der Waals surface area (Å²) >= 11 is 0. The number of rotatable bonds is 6. The second-order valence-corrected chi connectivity index (χ2v) is 13.3. The van der Waals surface area contributed by atoms with Crippen LogP contribution in [-0.2, 0) is 0 Å². The van der Waals surface area contributed by atoms with Crippen molar-refractivity contribution in [2.75, 3.05) is 0 Å². The number of fused-ring (bicyclic) bond motifs is 4. The lowest BCUT2D eigenvalue weighted by Crippen LogP contribution is -2.00. The normalized spacial score (nSPS) is 11.4. The zero-order valence-corrected chi connectivity index (χ0v) is 28.6. The summed E-state index contributed by atoms with van der Waals surface area (Å²) in [4.78, 5) is 15.0. The molecule has 0 spiro atoms. The van der Waals surface area contributed by atoms with Gasteiger partial charge in [-0.25, -0.2) is 15.0 Å². The van der Waals surface area contributed by atoms with Crippen LogP contribution in [-0.4, -0.2) is 15.0 Å². The third kappa shape index (κ3) is 5.82. The first-order valence-corrected chi connectivity index (χ1v) is 17.8. The van der Waals surface area contributed by atoms with Crippen molar-refractivity contribution < 1.29 is 4.42 Å². The highest BCUT2D eigenvalue weighted by Gasteiger charge is 2.15. The minimum absolute atomic E-state index is 0.593. The second kappa shape index (κ2) is 12.9. The number of aromatic nitrogens is 3. The molecule has 2 aromatic heterocycles. The molecule has 248 valence electrons. The Hall–Kier alpha value is -7.17. The summed E-state index contributed by atoms with van der Waals surface area (Å²) < 4.78 is 6.22. The van der Waals surface area contributed by atoms with Crippen LogP contribution in [0.5, 0.6) is 0 Å². The number of hydrogen-bond acceptors (Lipinski definition) is 4. The van der Waals surface area contributed by atoms with Crippen LogP contribution >= 0.6 is 0 Å². The Morgan fingerprint density at radius 1 is 0.264 bits per heavy atom. The molecular weight excluding hydrogens is 647 g/mol. The van der Waals surface area contributed by atoms with Gasteiger partial charge in [0.1, 0.15) is 11.2 Å². The van der Waals surface area contributed by atoms with E-state index in [1.165, 1.54) is 33.0 Å². The maximum Gasteiger partial charge on any atom is 0.164 e. The molecular formula is C49H31N3O. The van der Waals surface area contributed by atoms with E-state index < -0.39 is 0 Å². The molecule has 0 bridgehead atoms. The van der Waals surface area contributed by atoms with E-state index in [4.69, 9.17) is 19.4 Å². The SMILES string of the molecule is c1ccc(-c2cc(-c3ccc(-c4nc(-c5ccccc5)nc(-c5ccc6c(c5)oc5ccccc56)n4)cc3)cc(-c3ccc4ccccc4c3)c2)cc1. The zero-order chi connectivity index (χ0) is 35.1. The molecule has 0 radical (unpaired) electrons. The fraction of sp³-hybridized carbons (Fsp3) is 0. The Kier molecular flexibility index (Phi) is 7.43. The van der Waals surface area contributed by atoms with Gasteiger partial charge in [0.05, 0.1) is 0 Å². The minimum Gasteiger partial charge on any atom is -0.456 e. The highest BCUT2D eigenvalue weighted by Crippen LogP contribution is 2.36. The molecule has 0 amide bonds. The van der Waals surface area contributed by atoms with Gasteiger partial charge in [-0.05, 0) is 86.6 Å². The predicted molar refractivity (Wildman–Crippen MR) is 217 cm³/mol. The fourth-order valence-electron chi connectivity index (χ4n) is 7.15. The number of furan rings is 1. The van der Waals surface area contributed by atoms with Crippen molar-refractivity contribution in [1.29, 1.82) is 0 Å². The van der Waals surface area contributed by atoms with Crippen LogP contribution in [0.25, 0.3) is 100 Å². The number of hydrogen-bond donors (Lipinski definition) is 0. The van der Waals surface area contributed by atoms with Crippen LogP contribution in [0.1, 0.15) is 0 Å². The van der Waals surface area contributed by atoms with E-state index in [2.05, 4.69) is 133 Å². The summed E-state index contributed by atoms with van der Waals surface area (Å²) in [6, 6.07) is 65.5. The number of nitrogens with zero attached hydrogens (tertiary/aromatic N) is 3. The average Bonchev–Trinajstić information content (AvgIpc) is 3.62. The van der Waals surface area contributed by atoms with Crippen molar-refractivity contribution in [3.63, 3.8) is 0 Å². The van der Waals surface area contributed by atoms with Gasteiger partial charge < -0.3 is 4.42 Å². The molecule has 0 aliphatic heterocycles. The summed E-state index contributed by atoms with van der Waals surface area (Å²) in [5.74, 6) is 1.82. The van der Waals surface area contributed by atoms with E-state index >= 15 is 0 Å². The molecule has 0 saturated carbocycles. The smallest absolute Gasteiger partial charge is 0.164 e. The third-order valence-electron chi connectivity index (χ3n) is 9.90. The van der Waals surface area contributed by atoms with Crippen molar-refractivity contribution in [1.82, 2.24) is 15.0 Å². The highest BCUT2D eigenvalue weighted by atomic mass is 16.3. The first-order chi connectivity index (χ1) is 26.2. The Balaban J connectivity index is 1.07. The Labute approximate surface area is 306 Å². The van der Waals surface area contributed by atoms with E-state index in [1.54, 1.807) is 0 Å². The molecule has 10 rings (SSSR count). The quantitative estimate of drug-likeness (QED) is 0.176. The van der Waals surface area contributed by atoms with Gasteiger partial charge in [0, 0.05) is 27.5 Å². The molecule has 0 atom stereocenters. The Bertz CT molecular complexity index is 2930. The largest absolute Gasteiger partial charge is 0.456 e. The standard InChI is InChI=1S/C49H31N3O/c1-3-11-32(12-4-1)40-28-41(30-42(29-40)38-24-21-33-13-7-8-16-37(33)27-38)34-19-22-36(23-20-34)48-50-47(35-14-5-2-6-15-35)51-49(52-48)39-25-26-44-43-17-9-10-18-45(43)53-46(44)31-39/h1-31H. The summed E-state index contributed by atoms with van der Waals surface area (Å²) in [7, 11) is 0. The first kappa shape index (κ1) is 30.6. The predicted octanol–water partition coefficient (Wildman–Crippen LogP) is 12.9. The molecule has 4 nitrogen and oxygen atoms in total. The van der Waals surface area contributed by atoms with Gasteiger partial charge in [0.25, 0.3) is 0 Å². The van der Waals surface area contributed by atoms with Crippen LogP contribution in [0.15, 0.2) is 192 Å². The minimum atomic E-state index is 0.593. The van der Waals surface area contributed by atoms with Crippen LogP contribution in [0, 0.1) is 0 Å². The van der Waals surface area contributed by atoms with Crippen molar-refractivity contribution in [3.8, 4) is 67.5 Å². The van der Waals surface area contributed by atoms with Crippen LogP contribution in [0.4, 0.5) is 0 Å². The van der Waals surface area contributed by atoms with Gasteiger partial charge in [-0.1, -0.05) is 146 Å². The van der Waals surface area contributed by atoms with Gasteiger partial charge in [0.15, 0.2) is 17.5 Å². The maximum absolute atomic E-state index is 6.22.